The van der Waals surface area contributed by atoms with Crippen molar-refractivity contribution in [1.29, 1.82) is 0 Å². The third kappa shape index (κ3) is 3.40. The summed E-state index contributed by atoms with van der Waals surface area (Å²) in [4.78, 5) is 24.0. The van der Waals surface area contributed by atoms with Crippen molar-refractivity contribution >= 4 is 21.8 Å². The van der Waals surface area contributed by atoms with Crippen molar-refractivity contribution in [3.05, 3.63) is 0 Å². The molecule has 20 heavy (non-hydrogen) atoms. The summed E-state index contributed by atoms with van der Waals surface area (Å²) in [5.41, 5.74) is 0. The lowest BCUT2D eigenvalue weighted by Crippen LogP contribution is -2.47. The third-order valence-corrected chi connectivity index (χ3v) is 5.53. The molecule has 3 atom stereocenters. The molecule has 114 valence electrons. The van der Waals surface area contributed by atoms with Gasteiger partial charge in [0, 0.05) is 19.5 Å². The van der Waals surface area contributed by atoms with Crippen LogP contribution in [-0.4, -0.2) is 72.3 Å². The zero-order valence-electron chi connectivity index (χ0n) is 10.9. The Morgan fingerprint density at radius 1 is 1.35 bits per heavy atom. The molecule has 0 aliphatic carbocycles. The highest BCUT2D eigenvalue weighted by molar-refractivity contribution is 7.91. The van der Waals surface area contributed by atoms with Crippen molar-refractivity contribution in [2.75, 3.05) is 24.6 Å². The number of β-amino-alcohol motifs (C(OH)–C–C–N with tert-alkyl or cyclic N) is 1. The van der Waals surface area contributed by atoms with Crippen molar-refractivity contribution in [2.45, 2.75) is 25.0 Å². The largest absolute Gasteiger partial charge is 0.480 e. The lowest BCUT2D eigenvalue weighted by Gasteiger charge is -2.22. The second-order valence-corrected chi connectivity index (χ2v) is 7.58. The highest BCUT2D eigenvalue weighted by Crippen LogP contribution is 2.20. The molecule has 0 aromatic carbocycles. The van der Waals surface area contributed by atoms with Crippen molar-refractivity contribution < 1.29 is 28.2 Å². The van der Waals surface area contributed by atoms with Gasteiger partial charge in [0.05, 0.1) is 17.6 Å². The quantitative estimate of drug-likeness (QED) is 0.592. The number of carbonyl (C=O) groups excluding carboxylic acids is 1. The van der Waals surface area contributed by atoms with Gasteiger partial charge in [0.25, 0.3) is 0 Å². The number of hydrogen-bond acceptors (Lipinski definition) is 5. The molecule has 2 heterocycles. The Labute approximate surface area is 116 Å². The fourth-order valence-corrected chi connectivity index (χ4v) is 4.50. The van der Waals surface area contributed by atoms with Gasteiger partial charge in [-0.15, -0.1) is 0 Å². The Kier molecular flexibility index (Phi) is 4.19. The lowest BCUT2D eigenvalue weighted by atomic mass is 10.1. The minimum absolute atomic E-state index is 0.0144. The monoisotopic (exact) mass is 306 g/mol. The Hall–Kier alpha value is -1.35. The molecule has 1 unspecified atom stereocenters. The van der Waals surface area contributed by atoms with E-state index in [0.717, 1.165) is 4.90 Å². The number of sulfone groups is 1. The van der Waals surface area contributed by atoms with E-state index in [1.807, 2.05) is 0 Å². The number of likely N-dealkylation sites (tertiary alicyclic amines) is 1. The van der Waals surface area contributed by atoms with E-state index in [0.29, 0.717) is 6.42 Å². The summed E-state index contributed by atoms with van der Waals surface area (Å²) in [6.07, 6.45) is -0.317. The maximum absolute atomic E-state index is 11.9. The fraction of sp³-hybridized carbons (Fsp3) is 0.818. The van der Waals surface area contributed by atoms with Crippen LogP contribution in [0.5, 0.6) is 0 Å². The van der Waals surface area contributed by atoms with Crippen LogP contribution in [0, 0.1) is 5.92 Å². The molecule has 2 amide bonds. The number of aliphatic carboxylic acids is 1. The van der Waals surface area contributed by atoms with Crippen LogP contribution in [0.4, 0.5) is 4.79 Å². The first-order valence-electron chi connectivity index (χ1n) is 6.44. The second-order valence-electron chi connectivity index (χ2n) is 5.35. The van der Waals surface area contributed by atoms with Gasteiger partial charge in [-0.3, -0.25) is 0 Å². The first-order chi connectivity index (χ1) is 9.28. The van der Waals surface area contributed by atoms with E-state index in [9.17, 15) is 23.1 Å². The van der Waals surface area contributed by atoms with E-state index in [4.69, 9.17) is 5.11 Å². The number of urea groups is 1. The molecule has 2 aliphatic heterocycles. The molecule has 2 saturated heterocycles. The SMILES string of the molecule is O=C(O)[C@@H]1C[C@H](O)CN1C(=O)NCC1CCS(=O)(=O)C1. The molecule has 0 aromatic rings. The van der Waals surface area contributed by atoms with E-state index >= 15 is 0 Å². The molecule has 3 N–H and O–H groups in total. The molecule has 0 saturated carbocycles. The number of hydrogen-bond donors (Lipinski definition) is 3. The molecule has 9 heteroatoms. The molecule has 0 aromatic heterocycles. The van der Waals surface area contributed by atoms with Crippen LogP contribution in [-0.2, 0) is 14.6 Å². The van der Waals surface area contributed by atoms with Crippen LogP contribution in [0.15, 0.2) is 0 Å². The second kappa shape index (κ2) is 5.57. The normalized spacial score (nSPS) is 32.2. The van der Waals surface area contributed by atoms with E-state index in [1.54, 1.807) is 0 Å². The summed E-state index contributed by atoms with van der Waals surface area (Å²) in [6, 6.07) is -1.60. The van der Waals surface area contributed by atoms with Gasteiger partial charge in [0.15, 0.2) is 9.84 Å². The van der Waals surface area contributed by atoms with Crippen molar-refractivity contribution in [2.24, 2.45) is 5.92 Å². The first-order valence-corrected chi connectivity index (χ1v) is 8.26. The summed E-state index contributed by atoms with van der Waals surface area (Å²) >= 11 is 0. The number of carboxylic acid groups (broad SMARTS) is 1. The Bertz CT molecular complexity index is 505. The predicted octanol–water partition coefficient (Wildman–Crippen LogP) is -1.35. The number of carboxylic acids is 1. The minimum atomic E-state index is -2.99. The van der Waals surface area contributed by atoms with Gasteiger partial charge in [-0.1, -0.05) is 0 Å². The Morgan fingerprint density at radius 3 is 2.60 bits per heavy atom. The average Bonchev–Trinajstić information content (AvgIpc) is 2.89. The molecular weight excluding hydrogens is 288 g/mol. The molecule has 0 radical (unpaired) electrons. The first kappa shape index (κ1) is 15.0. The minimum Gasteiger partial charge on any atom is -0.480 e. The van der Waals surface area contributed by atoms with E-state index in [2.05, 4.69) is 5.32 Å². The fourth-order valence-electron chi connectivity index (χ4n) is 2.64. The number of amides is 2. The van der Waals surface area contributed by atoms with E-state index < -0.39 is 34.0 Å². The van der Waals surface area contributed by atoms with E-state index in [-0.39, 0.29) is 36.9 Å². The molecule has 2 aliphatic rings. The van der Waals surface area contributed by atoms with Crippen LogP contribution in [0.3, 0.4) is 0 Å². The zero-order valence-corrected chi connectivity index (χ0v) is 11.7. The van der Waals surface area contributed by atoms with Gasteiger partial charge in [-0.2, -0.15) is 0 Å². The van der Waals surface area contributed by atoms with Gasteiger partial charge in [0.2, 0.25) is 0 Å². The maximum Gasteiger partial charge on any atom is 0.326 e. The number of aliphatic hydroxyl groups is 1. The summed E-state index contributed by atoms with van der Waals surface area (Å²) in [7, 11) is -2.99. The van der Waals surface area contributed by atoms with Crippen LogP contribution >= 0.6 is 0 Å². The van der Waals surface area contributed by atoms with Crippen LogP contribution in [0.1, 0.15) is 12.8 Å². The van der Waals surface area contributed by atoms with Crippen molar-refractivity contribution in [1.82, 2.24) is 10.2 Å². The van der Waals surface area contributed by atoms with Gasteiger partial charge in [0.1, 0.15) is 6.04 Å². The Balaban J connectivity index is 1.87. The van der Waals surface area contributed by atoms with Crippen LogP contribution < -0.4 is 5.32 Å². The molecule has 0 spiro atoms. The number of nitrogens with zero attached hydrogens (tertiary/aromatic N) is 1. The number of aliphatic hydroxyl groups excluding tert-OH is 1. The van der Waals surface area contributed by atoms with Gasteiger partial charge in [-0.25, -0.2) is 18.0 Å². The van der Waals surface area contributed by atoms with Gasteiger partial charge >= 0.3 is 12.0 Å². The van der Waals surface area contributed by atoms with E-state index in [1.165, 1.54) is 0 Å². The molecule has 2 rings (SSSR count). The maximum atomic E-state index is 11.9. The molecule has 0 bridgehead atoms. The smallest absolute Gasteiger partial charge is 0.326 e. The van der Waals surface area contributed by atoms with Crippen LogP contribution in [0.25, 0.3) is 0 Å². The summed E-state index contributed by atoms with van der Waals surface area (Å²) in [6.45, 7) is 0.183. The molecule has 2 fully saturated rings. The van der Waals surface area contributed by atoms with Crippen molar-refractivity contribution in [3.8, 4) is 0 Å². The number of carbonyl (C=O) groups is 2. The standard InChI is InChI=1S/C11H18N2O6S/c14-8-3-9(10(15)16)13(5-8)11(17)12-4-7-1-2-20(18,19)6-7/h7-9,14H,1-6H2,(H,12,17)(H,15,16)/t7?,8-,9-/m0/s1. The predicted molar refractivity (Wildman–Crippen MR) is 68.9 cm³/mol. The molecule has 8 nitrogen and oxygen atoms in total. The summed E-state index contributed by atoms with van der Waals surface area (Å²) in [5, 5.41) is 21.0. The highest BCUT2D eigenvalue weighted by atomic mass is 32.2. The van der Waals surface area contributed by atoms with Gasteiger partial charge in [-0.05, 0) is 12.3 Å². The molecular formula is C11H18N2O6S. The number of rotatable bonds is 3. The highest BCUT2D eigenvalue weighted by Gasteiger charge is 2.39. The zero-order chi connectivity index (χ0) is 14.9. The summed E-state index contributed by atoms with van der Waals surface area (Å²) in [5.74, 6) is -1.09. The van der Waals surface area contributed by atoms with Gasteiger partial charge < -0.3 is 20.4 Å². The summed E-state index contributed by atoms with van der Waals surface area (Å²) < 4.78 is 22.6. The average molecular weight is 306 g/mol. The van der Waals surface area contributed by atoms with Crippen LogP contribution in [0.2, 0.25) is 0 Å². The lowest BCUT2D eigenvalue weighted by molar-refractivity contribution is -0.141. The third-order valence-electron chi connectivity index (χ3n) is 3.69. The number of nitrogens with one attached hydrogen (secondary N) is 1. The van der Waals surface area contributed by atoms with Crippen molar-refractivity contribution in [3.63, 3.8) is 0 Å². The Morgan fingerprint density at radius 2 is 2.05 bits per heavy atom. The topological polar surface area (TPSA) is 124 Å².